The van der Waals surface area contributed by atoms with Gasteiger partial charge >= 0.3 is 5.97 Å². The molecule has 5 rings (SSSR count). The standard InChI is InChI=1S/C28H31ClF2N2O4/c29-22-12-18(3-6-23(22)30)15-32-10-7-17(8-11-32)16-37-26-14-24(31)21(13-20(26)19-4-5-19)27(34)33-9-1-2-25(33)28(35)36/h3,6,12-14,17,19,25H,1-2,4-5,7-11,15-16H2,(H,35,36). The number of halogens is 3. The monoisotopic (exact) mass is 532 g/mol. The van der Waals surface area contributed by atoms with E-state index in [1.807, 2.05) is 0 Å². The van der Waals surface area contributed by atoms with Crippen LogP contribution in [0.4, 0.5) is 8.78 Å². The predicted octanol–water partition coefficient (Wildman–Crippen LogP) is 5.48. The predicted molar refractivity (Wildman–Crippen MR) is 135 cm³/mol. The summed E-state index contributed by atoms with van der Waals surface area (Å²) in [5.41, 5.74) is 1.74. The fourth-order valence-corrected chi connectivity index (χ4v) is 5.61. The van der Waals surface area contributed by atoms with Gasteiger partial charge < -0.3 is 14.7 Å². The van der Waals surface area contributed by atoms with Crippen LogP contribution in [-0.2, 0) is 11.3 Å². The minimum absolute atomic E-state index is 0.0726. The van der Waals surface area contributed by atoms with E-state index in [4.69, 9.17) is 16.3 Å². The number of aliphatic carboxylic acids is 1. The number of carbonyl (C=O) groups is 2. The van der Waals surface area contributed by atoms with Crippen molar-refractivity contribution in [3.05, 3.63) is 63.7 Å². The number of carboxylic acid groups (broad SMARTS) is 1. The summed E-state index contributed by atoms with van der Waals surface area (Å²) in [6, 6.07) is 6.80. The third-order valence-electron chi connectivity index (χ3n) is 7.72. The van der Waals surface area contributed by atoms with Gasteiger partial charge in [0.25, 0.3) is 5.91 Å². The number of carbonyl (C=O) groups excluding carboxylic acids is 1. The molecule has 1 saturated carbocycles. The van der Waals surface area contributed by atoms with Gasteiger partial charge in [-0.05, 0) is 92.8 Å². The lowest BCUT2D eigenvalue weighted by molar-refractivity contribution is -0.141. The summed E-state index contributed by atoms with van der Waals surface area (Å²) in [4.78, 5) is 28.1. The summed E-state index contributed by atoms with van der Waals surface area (Å²) in [5, 5.41) is 9.55. The molecule has 9 heteroatoms. The maximum absolute atomic E-state index is 15.1. The summed E-state index contributed by atoms with van der Waals surface area (Å²) in [7, 11) is 0. The number of amides is 1. The van der Waals surface area contributed by atoms with E-state index in [0.717, 1.165) is 49.9 Å². The molecule has 0 bridgehead atoms. The topological polar surface area (TPSA) is 70.1 Å². The van der Waals surface area contributed by atoms with Gasteiger partial charge in [-0.15, -0.1) is 0 Å². The Hall–Kier alpha value is -2.71. The zero-order valence-electron chi connectivity index (χ0n) is 20.6. The van der Waals surface area contributed by atoms with Crippen LogP contribution in [0.15, 0.2) is 30.3 Å². The molecule has 0 radical (unpaired) electrons. The highest BCUT2D eigenvalue weighted by Gasteiger charge is 2.37. The first-order valence-corrected chi connectivity index (χ1v) is 13.3. The smallest absolute Gasteiger partial charge is 0.326 e. The van der Waals surface area contributed by atoms with Crippen molar-refractivity contribution in [2.24, 2.45) is 5.92 Å². The van der Waals surface area contributed by atoms with Crippen LogP contribution >= 0.6 is 11.6 Å². The van der Waals surface area contributed by atoms with Crippen molar-refractivity contribution in [1.82, 2.24) is 9.80 Å². The molecule has 198 valence electrons. The second kappa shape index (κ2) is 11.0. The number of nitrogens with zero attached hydrogens (tertiary/aromatic N) is 2. The van der Waals surface area contributed by atoms with Crippen LogP contribution in [0.5, 0.6) is 5.75 Å². The Morgan fingerprint density at radius 2 is 1.76 bits per heavy atom. The van der Waals surface area contributed by atoms with Gasteiger partial charge in [-0.2, -0.15) is 0 Å². The van der Waals surface area contributed by atoms with Crippen molar-refractivity contribution in [2.75, 3.05) is 26.2 Å². The number of rotatable bonds is 8. The maximum atomic E-state index is 15.1. The van der Waals surface area contributed by atoms with Gasteiger partial charge in [0.15, 0.2) is 0 Å². The van der Waals surface area contributed by atoms with Crippen molar-refractivity contribution in [3.63, 3.8) is 0 Å². The molecule has 2 aromatic carbocycles. The van der Waals surface area contributed by atoms with Gasteiger partial charge in [0, 0.05) is 19.2 Å². The fourth-order valence-electron chi connectivity index (χ4n) is 5.41. The molecule has 3 fully saturated rings. The molecule has 3 aliphatic rings. The molecule has 2 aromatic rings. The molecule has 0 aromatic heterocycles. The lowest BCUT2D eigenvalue weighted by atomic mass is 9.97. The van der Waals surface area contributed by atoms with E-state index >= 15 is 4.39 Å². The fraction of sp³-hybridized carbons (Fsp3) is 0.500. The van der Waals surface area contributed by atoms with Crippen LogP contribution in [0.3, 0.4) is 0 Å². The second-order valence-corrected chi connectivity index (χ2v) is 10.8. The average molecular weight is 533 g/mol. The van der Waals surface area contributed by atoms with E-state index in [2.05, 4.69) is 4.90 Å². The molecule has 0 spiro atoms. The summed E-state index contributed by atoms with van der Waals surface area (Å²) in [6.45, 7) is 3.25. The van der Waals surface area contributed by atoms with E-state index < -0.39 is 29.6 Å². The first-order chi connectivity index (χ1) is 17.8. The summed E-state index contributed by atoms with van der Waals surface area (Å²) in [6.07, 6.45) is 4.76. The van der Waals surface area contributed by atoms with Gasteiger partial charge in [-0.3, -0.25) is 9.69 Å². The second-order valence-electron chi connectivity index (χ2n) is 10.4. The molecular formula is C28H31ClF2N2O4. The van der Waals surface area contributed by atoms with Crippen LogP contribution < -0.4 is 4.74 Å². The van der Waals surface area contributed by atoms with Crippen LogP contribution in [0.1, 0.15) is 65.9 Å². The number of piperidine rings is 1. The number of carboxylic acids is 1. The summed E-state index contributed by atoms with van der Waals surface area (Å²) in [5.74, 6) is -1.66. The van der Waals surface area contributed by atoms with E-state index in [1.165, 1.54) is 17.0 Å². The largest absolute Gasteiger partial charge is 0.493 e. The molecule has 1 unspecified atom stereocenters. The maximum Gasteiger partial charge on any atom is 0.326 e. The Morgan fingerprint density at radius 3 is 2.43 bits per heavy atom. The molecule has 2 aliphatic heterocycles. The lowest BCUT2D eigenvalue weighted by Crippen LogP contribution is -2.40. The number of ether oxygens (including phenoxy) is 1. The zero-order chi connectivity index (χ0) is 26.1. The summed E-state index contributed by atoms with van der Waals surface area (Å²) < 4.78 is 34.6. The Morgan fingerprint density at radius 1 is 1.00 bits per heavy atom. The van der Waals surface area contributed by atoms with E-state index in [9.17, 15) is 19.1 Å². The molecule has 1 N–H and O–H groups in total. The van der Waals surface area contributed by atoms with Crippen molar-refractivity contribution >= 4 is 23.5 Å². The quantitative estimate of drug-likeness (QED) is 0.488. The SMILES string of the molecule is O=C(O)C1CCCN1C(=O)c1cc(C2CC2)c(OCC2CCN(Cc3ccc(F)c(Cl)c3)CC2)cc1F. The van der Waals surface area contributed by atoms with Crippen molar-refractivity contribution < 1.29 is 28.2 Å². The Kier molecular flexibility index (Phi) is 7.67. The van der Waals surface area contributed by atoms with E-state index in [-0.39, 0.29) is 16.5 Å². The molecule has 1 atom stereocenters. The molecule has 1 aliphatic carbocycles. The van der Waals surface area contributed by atoms with Crippen molar-refractivity contribution in [1.29, 1.82) is 0 Å². The van der Waals surface area contributed by atoms with Crippen LogP contribution in [-0.4, -0.2) is 59.1 Å². The minimum atomic E-state index is -1.05. The van der Waals surface area contributed by atoms with Gasteiger partial charge in [-0.1, -0.05) is 17.7 Å². The number of hydrogen-bond donors (Lipinski definition) is 1. The molecule has 37 heavy (non-hydrogen) atoms. The number of benzene rings is 2. The van der Waals surface area contributed by atoms with Gasteiger partial charge in [-0.25, -0.2) is 13.6 Å². The van der Waals surface area contributed by atoms with Crippen LogP contribution in [0, 0.1) is 17.6 Å². The van der Waals surface area contributed by atoms with Gasteiger partial charge in [0.1, 0.15) is 23.4 Å². The van der Waals surface area contributed by atoms with E-state index in [1.54, 1.807) is 18.2 Å². The van der Waals surface area contributed by atoms with Crippen molar-refractivity contribution in [2.45, 2.75) is 57.0 Å². The lowest BCUT2D eigenvalue weighted by Gasteiger charge is -2.32. The minimum Gasteiger partial charge on any atom is -0.493 e. The summed E-state index contributed by atoms with van der Waals surface area (Å²) >= 11 is 5.90. The van der Waals surface area contributed by atoms with Gasteiger partial charge in [0.2, 0.25) is 0 Å². The Balaban J connectivity index is 1.20. The Bertz CT molecular complexity index is 1180. The van der Waals surface area contributed by atoms with E-state index in [0.29, 0.717) is 44.2 Å². The highest BCUT2D eigenvalue weighted by atomic mass is 35.5. The molecular weight excluding hydrogens is 502 g/mol. The molecule has 1 amide bonds. The van der Waals surface area contributed by atoms with Crippen LogP contribution in [0.25, 0.3) is 0 Å². The highest BCUT2D eigenvalue weighted by Crippen LogP contribution is 2.45. The molecule has 2 heterocycles. The first kappa shape index (κ1) is 25.9. The first-order valence-electron chi connectivity index (χ1n) is 13.0. The highest BCUT2D eigenvalue weighted by molar-refractivity contribution is 6.30. The molecule has 2 saturated heterocycles. The number of hydrogen-bond acceptors (Lipinski definition) is 4. The van der Waals surface area contributed by atoms with Gasteiger partial charge in [0.05, 0.1) is 17.2 Å². The Labute approximate surface area is 220 Å². The van der Waals surface area contributed by atoms with Crippen molar-refractivity contribution in [3.8, 4) is 5.75 Å². The average Bonchev–Trinajstić information content (AvgIpc) is 3.60. The third-order valence-corrected chi connectivity index (χ3v) is 8.01. The normalized spacial score (nSPS) is 20.8. The third kappa shape index (κ3) is 5.91. The van der Waals surface area contributed by atoms with Crippen LogP contribution in [0.2, 0.25) is 5.02 Å². The number of likely N-dealkylation sites (tertiary alicyclic amines) is 2. The molecule has 6 nitrogen and oxygen atoms in total. The zero-order valence-corrected chi connectivity index (χ0v) is 21.4.